The highest BCUT2D eigenvalue weighted by Crippen LogP contribution is 2.40. The van der Waals surface area contributed by atoms with E-state index in [1.54, 1.807) is 0 Å². The van der Waals surface area contributed by atoms with Gasteiger partial charge in [-0.05, 0) is 89.8 Å². The number of hydrogen-bond donors (Lipinski definition) is 0. The van der Waals surface area contributed by atoms with Gasteiger partial charge in [-0.25, -0.2) is 9.97 Å². The second-order valence-corrected chi connectivity index (χ2v) is 11.2. The molecule has 0 saturated carbocycles. The summed E-state index contributed by atoms with van der Waals surface area (Å²) < 4.78 is 4.40. The molecule has 37 heavy (non-hydrogen) atoms. The third kappa shape index (κ3) is 4.50. The Kier molecular flexibility index (Phi) is 6.53. The molecule has 2 aromatic heterocycles. The van der Waals surface area contributed by atoms with Crippen LogP contribution >= 0.6 is 0 Å². The second kappa shape index (κ2) is 9.66. The number of rotatable bonds is 6. The fraction of sp³-hybridized carbons (Fsp3) is 0.333. The summed E-state index contributed by atoms with van der Waals surface area (Å²) in [5.41, 5.74) is 13.3. The molecule has 0 unspecified atom stereocenters. The van der Waals surface area contributed by atoms with E-state index in [9.17, 15) is 0 Å². The van der Waals surface area contributed by atoms with Gasteiger partial charge in [0.05, 0.1) is 23.1 Å². The summed E-state index contributed by atoms with van der Waals surface area (Å²) in [5, 5.41) is 0. The summed E-state index contributed by atoms with van der Waals surface area (Å²) in [4.78, 5) is 9.29. The molecule has 190 valence electrons. The first-order valence-electron chi connectivity index (χ1n) is 13.4. The summed E-state index contributed by atoms with van der Waals surface area (Å²) in [7, 11) is 0. The minimum Gasteiger partial charge on any atom is -0.303 e. The third-order valence-corrected chi connectivity index (χ3v) is 7.59. The molecule has 4 nitrogen and oxygen atoms in total. The molecule has 2 heterocycles. The van der Waals surface area contributed by atoms with Crippen LogP contribution in [-0.2, 0) is 0 Å². The van der Waals surface area contributed by atoms with Gasteiger partial charge in [-0.15, -0.1) is 0 Å². The van der Waals surface area contributed by atoms with Crippen LogP contribution in [0.4, 0.5) is 0 Å². The van der Waals surface area contributed by atoms with Gasteiger partial charge in [0, 0.05) is 17.1 Å². The quantitative estimate of drug-likeness (QED) is 0.238. The Hall–Kier alpha value is -3.66. The molecule has 0 spiro atoms. The number of fused-ring (bicyclic) bond motifs is 1. The minimum absolute atomic E-state index is 0.407. The van der Waals surface area contributed by atoms with E-state index in [0.29, 0.717) is 17.8 Å². The van der Waals surface area contributed by atoms with Crippen LogP contribution in [0.2, 0.25) is 0 Å². The van der Waals surface area contributed by atoms with E-state index in [0.717, 1.165) is 33.8 Å². The molecule has 5 rings (SSSR count). The maximum Gasteiger partial charge on any atom is 0.100 e. The van der Waals surface area contributed by atoms with Crippen LogP contribution in [0.3, 0.4) is 0 Å². The van der Waals surface area contributed by atoms with Crippen molar-refractivity contribution in [3.63, 3.8) is 0 Å². The van der Waals surface area contributed by atoms with Crippen LogP contribution in [0.15, 0.2) is 67.3 Å². The van der Waals surface area contributed by atoms with Gasteiger partial charge in [0.15, 0.2) is 0 Å². The van der Waals surface area contributed by atoms with Crippen molar-refractivity contribution in [3.8, 4) is 22.5 Å². The Balaban J connectivity index is 1.85. The first-order valence-corrected chi connectivity index (χ1v) is 13.4. The van der Waals surface area contributed by atoms with Crippen molar-refractivity contribution in [3.05, 3.63) is 95.3 Å². The van der Waals surface area contributed by atoms with Gasteiger partial charge in [-0.1, -0.05) is 65.8 Å². The standard InChI is InChI=1S/C33H38N4/c1-20(2)25-15-29(21(3)4)33(30(16-25)22(5)6)26-13-27(36-18-34-23(7)24(36)8)17-28(14-26)37-19-35-31-11-9-10-12-32(31)37/h9-22H,1-8H3. The molecule has 3 aromatic carbocycles. The van der Waals surface area contributed by atoms with E-state index in [-0.39, 0.29) is 0 Å². The smallest absolute Gasteiger partial charge is 0.100 e. The monoisotopic (exact) mass is 490 g/mol. The van der Waals surface area contributed by atoms with Crippen molar-refractivity contribution in [2.45, 2.75) is 73.1 Å². The lowest BCUT2D eigenvalue weighted by molar-refractivity contribution is 0.807. The predicted octanol–water partition coefficient (Wildman–Crippen LogP) is 8.87. The lowest BCUT2D eigenvalue weighted by Gasteiger charge is -2.24. The maximum atomic E-state index is 4.69. The van der Waals surface area contributed by atoms with Crippen LogP contribution < -0.4 is 0 Å². The summed E-state index contributed by atoms with van der Waals surface area (Å²) in [6.07, 6.45) is 3.88. The van der Waals surface area contributed by atoms with Crippen LogP contribution in [0.1, 0.15) is 87.4 Å². The molecule has 0 aliphatic carbocycles. The van der Waals surface area contributed by atoms with Gasteiger partial charge in [0.2, 0.25) is 0 Å². The molecule has 0 atom stereocenters. The lowest BCUT2D eigenvalue weighted by Crippen LogP contribution is -2.05. The Morgan fingerprint density at radius 3 is 1.81 bits per heavy atom. The number of benzene rings is 3. The number of aryl methyl sites for hydroxylation is 1. The van der Waals surface area contributed by atoms with E-state index >= 15 is 0 Å². The molecular weight excluding hydrogens is 452 g/mol. The number of imidazole rings is 2. The topological polar surface area (TPSA) is 35.6 Å². The zero-order chi connectivity index (χ0) is 26.4. The van der Waals surface area contributed by atoms with E-state index in [4.69, 9.17) is 0 Å². The summed E-state index contributed by atoms with van der Waals surface area (Å²) in [6, 6.07) is 20.1. The van der Waals surface area contributed by atoms with Gasteiger partial charge in [0.25, 0.3) is 0 Å². The molecule has 0 fully saturated rings. The number of aromatic nitrogens is 4. The van der Waals surface area contributed by atoms with E-state index in [1.807, 2.05) is 18.7 Å². The molecule has 0 N–H and O–H groups in total. The second-order valence-electron chi connectivity index (χ2n) is 11.2. The molecule has 0 amide bonds. The highest BCUT2D eigenvalue weighted by Gasteiger charge is 2.20. The fourth-order valence-electron chi connectivity index (χ4n) is 5.23. The molecular formula is C33H38N4. The van der Waals surface area contributed by atoms with Crippen molar-refractivity contribution in [1.82, 2.24) is 19.1 Å². The van der Waals surface area contributed by atoms with Gasteiger partial charge in [-0.2, -0.15) is 0 Å². The first kappa shape index (κ1) is 25.0. The van der Waals surface area contributed by atoms with Gasteiger partial charge >= 0.3 is 0 Å². The zero-order valence-corrected chi connectivity index (χ0v) is 23.4. The molecule has 0 aliphatic rings. The average Bonchev–Trinajstić information content (AvgIpc) is 3.46. The number of para-hydroxylation sites is 2. The average molecular weight is 491 g/mol. The lowest BCUT2D eigenvalue weighted by atomic mass is 9.81. The largest absolute Gasteiger partial charge is 0.303 e. The molecule has 5 aromatic rings. The van der Waals surface area contributed by atoms with Crippen molar-refractivity contribution < 1.29 is 0 Å². The van der Waals surface area contributed by atoms with Crippen LogP contribution in [-0.4, -0.2) is 19.1 Å². The Labute approximate surface area is 221 Å². The minimum atomic E-state index is 0.407. The molecule has 4 heteroatoms. The summed E-state index contributed by atoms with van der Waals surface area (Å²) in [5.74, 6) is 1.30. The normalized spacial score (nSPS) is 12.0. The van der Waals surface area contributed by atoms with Crippen molar-refractivity contribution >= 4 is 11.0 Å². The third-order valence-electron chi connectivity index (χ3n) is 7.59. The first-order chi connectivity index (χ1) is 17.7. The van der Waals surface area contributed by atoms with Crippen molar-refractivity contribution in [2.75, 3.05) is 0 Å². The SMILES string of the molecule is Cc1ncn(-c2cc(-c3c(C(C)C)cc(C(C)C)cc3C(C)C)cc(-n3cnc4ccccc43)c2)c1C. The molecule has 0 aliphatic heterocycles. The number of hydrogen-bond acceptors (Lipinski definition) is 2. The maximum absolute atomic E-state index is 4.69. The van der Waals surface area contributed by atoms with E-state index < -0.39 is 0 Å². The van der Waals surface area contributed by atoms with E-state index in [1.165, 1.54) is 27.8 Å². The summed E-state index contributed by atoms with van der Waals surface area (Å²) in [6.45, 7) is 18.0. The Bertz CT molecular complexity index is 1550. The van der Waals surface area contributed by atoms with E-state index in [2.05, 4.69) is 123 Å². The molecule has 0 bridgehead atoms. The zero-order valence-electron chi connectivity index (χ0n) is 23.4. The van der Waals surface area contributed by atoms with Gasteiger partial charge in [0.1, 0.15) is 6.33 Å². The molecule has 0 saturated heterocycles. The van der Waals surface area contributed by atoms with Crippen molar-refractivity contribution in [2.24, 2.45) is 0 Å². The molecule has 0 radical (unpaired) electrons. The van der Waals surface area contributed by atoms with Crippen LogP contribution in [0.25, 0.3) is 33.5 Å². The Morgan fingerprint density at radius 1 is 0.649 bits per heavy atom. The predicted molar refractivity (Wildman–Crippen MR) is 155 cm³/mol. The van der Waals surface area contributed by atoms with Gasteiger partial charge < -0.3 is 4.57 Å². The summed E-state index contributed by atoms with van der Waals surface area (Å²) >= 11 is 0. The van der Waals surface area contributed by atoms with Crippen LogP contribution in [0, 0.1) is 13.8 Å². The van der Waals surface area contributed by atoms with Crippen molar-refractivity contribution in [1.29, 1.82) is 0 Å². The number of nitrogens with zero attached hydrogens (tertiary/aromatic N) is 4. The Morgan fingerprint density at radius 2 is 1.24 bits per heavy atom. The van der Waals surface area contributed by atoms with Gasteiger partial charge in [-0.3, -0.25) is 4.57 Å². The fourth-order valence-corrected chi connectivity index (χ4v) is 5.23. The van der Waals surface area contributed by atoms with Crippen LogP contribution in [0.5, 0.6) is 0 Å². The highest BCUT2D eigenvalue weighted by molar-refractivity contribution is 5.80. The highest BCUT2D eigenvalue weighted by atomic mass is 15.1.